The van der Waals surface area contributed by atoms with Gasteiger partial charge in [-0.05, 0) is 55.7 Å². The molecule has 0 radical (unpaired) electrons. The van der Waals surface area contributed by atoms with Crippen LogP contribution in [0.15, 0.2) is 18.2 Å². The van der Waals surface area contributed by atoms with E-state index < -0.39 is 17.7 Å². The molecule has 2 saturated carbocycles. The molecular formula is C23H32O6. The average Bonchev–Trinajstić information content (AvgIpc) is 3.19. The Labute approximate surface area is 172 Å². The van der Waals surface area contributed by atoms with Crippen molar-refractivity contribution in [2.45, 2.75) is 76.8 Å². The number of aliphatic hydroxyl groups is 1. The van der Waals surface area contributed by atoms with E-state index in [1.54, 1.807) is 0 Å². The van der Waals surface area contributed by atoms with Gasteiger partial charge in [0.1, 0.15) is 6.10 Å². The second-order valence-electron chi connectivity index (χ2n) is 9.94. The van der Waals surface area contributed by atoms with E-state index in [1.807, 2.05) is 13.8 Å². The van der Waals surface area contributed by atoms with Crippen molar-refractivity contribution in [2.75, 3.05) is 7.11 Å². The Morgan fingerprint density at radius 1 is 1.24 bits per heavy atom. The van der Waals surface area contributed by atoms with Gasteiger partial charge in [-0.1, -0.05) is 20.8 Å². The van der Waals surface area contributed by atoms with Gasteiger partial charge in [-0.15, -0.1) is 0 Å². The van der Waals surface area contributed by atoms with Gasteiger partial charge in [0.15, 0.2) is 11.5 Å². The summed E-state index contributed by atoms with van der Waals surface area (Å²) in [6.45, 7) is 8.36. The van der Waals surface area contributed by atoms with Gasteiger partial charge in [0, 0.05) is 12.3 Å². The molecule has 1 aromatic rings. The van der Waals surface area contributed by atoms with Crippen molar-refractivity contribution in [1.29, 1.82) is 0 Å². The van der Waals surface area contributed by atoms with E-state index in [-0.39, 0.29) is 40.5 Å². The topological polar surface area (TPSA) is 88.5 Å². The number of epoxide rings is 1. The number of methoxy groups -OCH3 is 1. The van der Waals surface area contributed by atoms with Gasteiger partial charge < -0.3 is 24.4 Å². The molecule has 1 aliphatic heterocycles. The normalized spacial score (nSPS) is 40.7. The number of phenolic OH excluding ortho intramolecular Hbond substituents is 1. The highest BCUT2D eigenvalue weighted by molar-refractivity contribution is 5.90. The van der Waals surface area contributed by atoms with Crippen LogP contribution in [0.3, 0.4) is 0 Å². The lowest BCUT2D eigenvalue weighted by molar-refractivity contribution is -0.120. The predicted octanol–water partition coefficient (Wildman–Crippen LogP) is 3.68. The standard InChI is InChI=1S/C23H32O6/c1-13(2)23(26)9-8-21(3)12-18-22(4,29-18)11-17(19(21)23)28-20(25)14-6-7-15(24)16(10-14)27-5/h6-7,10,13,17-19,24,26H,8-9,11-12H2,1-5H3. The lowest BCUT2D eigenvalue weighted by Gasteiger charge is -2.44. The van der Waals surface area contributed by atoms with Crippen molar-refractivity contribution in [3.8, 4) is 11.5 Å². The molecule has 29 heavy (non-hydrogen) atoms. The average molecular weight is 405 g/mol. The molecule has 3 fully saturated rings. The summed E-state index contributed by atoms with van der Waals surface area (Å²) in [6.07, 6.45) is 2.76. The SMILES string of the molecule is COc1cc(C(=O)OC2CC3(C)OC3CC3(C)CCC(O)(C(C)C)C23)ccc1O. The Bertz CT molecular complexity index is 822. The third-order valence-corrected chi connectivity index (χ3v) is 7.72. The molecule has 160 valence electrons. The fourth-order valence-corrected chi connectivity index (χ4v) is 5.84. The van der Waals surface area contributed by atoms with Crippen molar-refractivity contribution in [3.05, 3.63) is 23.8 Å². The predicted molar refractivity (Wildman–Crippen MR) is 107 cm³/mol. The lowest BCUT2D eigenvalue weighted by Crippen LogP contribution is -2.50. The molecule has 2 N–H and O–H groups in total. The van der Waals surface area contributed by atoms with Gasteiger partial charge in [0.05, 0.1) is 30.0 Å². The molecule has 1 saturated heterocycles. The summed E-state index contributed by atoms with van der Waals surface area (Å²) in [5.74, 6) is -0.366. The van der Waals surface area contributed by atoms with Crippen LogP contribution in [0.1, 0.15) is 63.7 Å². The molecule has 1 heterocycles. The number of carbonyl (C=O) groups excluding carboxylic acids is 1. The van der Waals surface area contributed by atoms with E-state index in [4.69, 9.17) is 14.2 Å². The van der Waals surface area contributed by atoms with Gasteiger partial charge in [0.25, 0.3) is 0 Å². The third-order valence-electron chi connectivity index (χ3n) is 7.72. The molecule has 6 nitrogen and oxygen atoms in total. The van der Waals surface area contributed by atoms with Crippen molar-refractivity contribution < 1.29 is 29.2 Å². The summed E-state index contributed by atoms with van der Waals surface area (Å²) in [4.78, 5) is 13.0. The van der Waals surface area contributed by atoms with E-state index in [2.05, 4.69) is 13.8 Å². The number of phenols is 1. The molecule has 6 heteroatoms. The highest BCUT2D eigenvalue weighted by atomic mass is 16.6. The van der Waals surface area contributed by atoms with Crippen LogP contribution in [0.25, 0.3) is 0 Å². The monoisotopic (exact) mass is 404 g/mol. The first-order chi connectivity index (χ1) is 13.5. The number of benzene rings is 1. The third kappa shape index (κ3) is 3.21. The molecule has 0 bridgehead atoms. The zero-order valence-electron chi connectivity index (χ0n) is 17.9. The molecule has 1 aromatic carbocycles. The van der Waals surface area contributed by atoms with Crippen LogP contribution < -0.4 is 4.74 Å². The Hall–Kier alpha value is -1.79. The first kappa shape index (κ1) is 20.5. The van der Waals surface area contributed by atoms with Gasteiger partial charge >= 0.3 is 5.97 Å². The van der Waals surface area contributed by atoms with Crippen LogP contribution in [-0.4, -0.2) is 46.7 Å². The smallest absolute Gasteiger partial charge is 0.338 e. The number of rotatable bonds is 4. The van der Waals surface area contributed by atoms with Crippen LogP contribution in [0, 0.1) is 17.3 Å². The van der Waals surface area contributed by atoms with E-state index in [1.165, 1.54) is 25.3 Å². The number of esters is 1. The molecule has 3 aliphatic rings. The van der Waals surface area contributed by atoms with Crippen molar-refractivity contribution >= 4 is 5.97 Å². The van der Waals surface area contributed by atoms with Crippen molar-refractivity contribution in [2.24, 2.45) is 17.3 Å². The van der Waals surface area contributed by atoms with Crippen molar-refractivity contribution in [1.82, 2.24) is 0 Å². The molecule has 0 spiro atoms. The summed E-state index contributed by atoms with van der Waals surface area (Å²) >= 11 is 0. The van der Waals surface area contributed by atoms with Gasteiger partial charge in [-0.2, -0.15) is 0 Å². The molecule has 6 atom stereocenters. The Morgan fingerprint density at radius 3 is 2.62 bits per heavy atom. The number of aromatic hydroxyl groups is 1. The lowest BCUT2D eigenvalue weighted by atomic mass is 9.67. The quantitative estimate of drug-likeness (QED) is 0.588. The van der Waals surface area contributed by atoms with Crippen LogP contribution in [0.4, 0.5) is 0 Å². The minimum atomic E-state index is -0.876. The maximum absolute atomic E-state index is 13.0. The van der Waals surface area contributed by atoms with Crippen LogP contribution >= 0.6 is 0 Å². The zero-order valence-corrected chi connectivity index (χ0v) is 17.9. The minimum Gasteiger partial charge on any atom is -0.504 e. The summed E-state index contributed by atoms with van der Waals surface area (Å²) in [7, 11) is 1.44. The number of carbonyl (C=O) groups is 1. The Kier molecular flexibility index (Phi) is 4.67. The number of ether oxygens (including phenoxy) is 3. The van der Waals surface area contributed by atoms with Crippen LogP contribution in [0.5, 0.6) is 11.5 Å². The molecule has 6 unspecified atom stereocenters. The van der Waals surface area contributed by atoms with Gasteiger partial charge in [-0.25, -0.2) is 4.79 Å². The first-order valence-corrected chi connectivity index (χ1v) is 10.5. The van der Waals surface area contributed by atoms with E-state index in [0.29, 0.717) is 18.4 Å². The molecule has 0 aromatic heterocycles. The Balaban J connectivity index is 1.67. The first-order valence-electron chi connectivity index (χ1n) is 10.5. The van der Waals surface area contributed by atoms with E-state index in [0.717, 1.165) is 12.8 Å². The highest BCUT2D eigenvalue weighted by Crippen LogP contribution is 2.63. The molecular weight excluding hydrogens is 372 g/mol. The molecule has 4 rings (SSSR count). The maximum atomic E-state index is 13.0. The second-order valence-corrected chi connectivity index (χ2v) is 9.94. The number of hydrogen-bond donors (Lipinski definition) is 2. The maximum Gasteiger partial charge on any atom is 0.338 e. The van der Waals surface area contributed by atoms with Crippen LogP contribution in [0.2, 0.25) is 0 Å². The minimum absolute atomic E-state index is 0.0298. The number of fused-ring (bicyclic) bond motifs is 2. The van der Waals surface area contributed by atoms with Gasteiger partial charge in [-0.3, -0.25) is 0 Å². The van der Waals surface area contributed by atoms with Gasteiger partial charge in [0.2, 0.25) is 0 Å². The van der Waals surface area contributed by atoms with E-state index in [9.17, 15) is 15.0 Å². The Morgan fingerprint density at radius 2 is 1.97 bits per heavy atom. The van der Waals surface area contributed by atoms with Crippen LogP contribution in [-0.2, 0) is 9.47 Å². The summed E-state index contributed by atoms with van der Waals surface area (Å²) in [5.41, 5.74) is -1.01. The highest BCUT2D eigenvalue weighted by Gasteiger charge is 2.68. The molecule has 2 aliphatic carbocycles. The summed E-state index contributed by atoms with van der Waals surface area (Å²) < 4.78 is 17.2. The summed E-state index contributed by atoms with van der Waals surface area (Å²) in [6, 6.07) is 4.43. The second kappa shape index (κ2) is 6.61. The zero-order chi connectivity index (χ0) is 21.2. The molecule has 0 amide bonds. The number of hydrogen-bond acceptors (Lipinski definition) is 6. The van der Waals surface area contributed by atoms with E-state index >= 15 is 0 Å². The fraction of sp³-hybridized carbons (Fsp3) is 0.696. The fourth-order valence-electron chi connectivity index (χ4n) is 5.84. The summed E-state index contributed by atoms with van der Waals surface area (Å²) in [5, 5.41) is 21.4. The van der Waals surface area contributed by atoms with Crippen molar-refractivity contribution in [3.63, 3.8) is 0 Å². The largest absolute Gasteiger partial charge is 0.504 e.